The second-order valence-electron chi connectivity index (χ2n) is 5.34. The van der Waals surface area contributed by atoms with Crippen LogP contribution in [0.4, 0.5) is 0 Å². The van der Waals surface area contributed by atoms with Gasteiger partial charge >= 0.3 is 5.97 Å². The SMILES string of the molecule is CC(=O)CCC1=C(COC(C)=O)CS(=O)(=O)[C@@H]2[C@@H](Cl)C(=O)N12. The Hall–Kier alpha value is -1.41. The average Bonchev–Trinajstić information content (AvgIpc) is 2.41. The lowest BCUT2D eigenvalue weighted by atomic mass is 10.0. The smallest absolute Gasteiger partial charge is 0.302 e. The van der Waals surface area contributed by atoms with Crippen LogP contribution in [0.5, 0.6) is 0 Å². The normalized spacial score (nSPS) is 26.3. The number of ketones is 1. The van der Waals surface area contributed by atoms with Gasteiger partial charge in [-0.3, -0.25) is 14.5 Å². The standard InChI is InChI=1S/C13H16ClNO6S/c1-7(16)3-4-10-9(5-21-8(2)17)6-22(19,20)13-11(14)12(18)15(10)13/h11,13H,3-6H2,1-2H3/t11-,13+/m0/s1. The van der Waals surface area contributed by atoms with Gasteiger partial charge in [0.25, 0.3) is 0 Å². The summed E-state index contributed by atoms with van der Waals surface area (Å²) in [6, 6.07) is 0. The van der Waals surface area contributed by atoms with Gasteiger partial charge in [0, 0.05) is 24.6 Å². The van der Waals surface area contributed by atoms with Crippen molar-refractivity contribution in [3.05, 3.63) is 11.3 Å². The molecule has 2 heterocycles. The maximum Gasteiger partial charge on any atom is 0.302 e. The first-order valence-corrected chi connectivity index (χ1v) is 8.82. The largest absolute Gasteiger partial charge is 0.461 e. The molecule has 9 heteroatoms. The molecule has 0 aromatic rings. The molecule has 0 bridgehead atoms. The molecule has 0 saturated carbocycles. The Morgan fingerprint density at radius 1 is 1.36 bits per heavy atom. The summed E-state index contributed by atoms with van der Waals surface area (Å²) in [5.41, 5.74) is 0.753. The lowest BCUT2D eigenvalue weighted by molar-refractivity contribution is -0.140. The van der Waals surface area contributed by atoms with Gasteiger partial charge in [0.05, 0.1) is 5.75 Å². The van der Waals surface area contributed by atoms with E-state index in [-0.39, 0.29) is 31.0 Å². The molecule has 0 aliphatic carbocycles. The highest BCUT2D eigenvalue weighted by molar-refractivity contribution is 7.92. The van der Waals surface area contributed by atoms with Crippen LogP contribution < -0.4 is 0 Å². The highest BCUT2D eigenvalue weighted by Gasteiger charge is 2.57. The molecule has 1 saturated heterocycles. The predicted molar refractivity (Wildman–Crippen MR) is 77.6 cm³/mol. The number of carbonyl (C=O) groups is 3. The van der Waals surface area contributed by atoms with Crippen LogP contribution in [0.1, 0.15) is 26.7 Å². The van der Waals surface area contributed by atoms with Crippen molar-refractivity contribution in [1.29, 1.82) is 0 Å². The molecule has 22 heavy (non-hydrogen) atoms. The average molecular weight is 350 g/mol. The zero-order chi connectivity index (χ0) is 16.7. The van der Waals surface area contributed by atoms with E-state index in [1.165, 1.54) is 13.8 Å². The molecule has 1 amide bonds. The van der Waals surface area contributed by atoms with Crippen LogP contribution in [-0.4, -0.2) is 54.1 Å². The number of Topliss-reactive ketones (excluding diaryl/α,β-unsaturated/α-hetero) is 1. The predicted octanol–water partition coefficient (Wildman–Crippen LogP) is 0.377. The van der Waals surface area contributed by atoms with Crippen molar-refractivity contribution >= 4 is 39.1 Å². The molecule has 0 unspecified atom stereocenters. The maximum atomic E-state index is 12.2. The summed E-state index contributed by atoms with van der Waals surface area (Å²) >= 11 is 5.82. The van der Waals surface area contributed by atoms with E-state index >= 15 is 0 Å². The molecule has 1 fully saturated rings. The molecule has 122 valence electrons. The third-order valence-corrected chi connectivity index (χ3v) is 6.13. The Morgan fingerprint density at radius 3 is 2.55 bits per heavy atom. The van der Waals surface area contributed by atoms with E-state index in [0.717, 1.165) is 4.90 Å². The number of fused-ring (bicyclic) bond motifs is 1. The van der Waals surface area contributed by atoms with Crippen molar-refractivity contribution in [3.8, 4) is 0 Å². The van der Waals surface area contributed by atoms with Crippen LogP contribution in [-0.2, 0) is 29.0 Å². The minimum absolute atomic E-state index is 0.0836. The number of amides is 1. The summed E-state index contributed by atoms with van der Waals surface area (Å²) in [7, 11) is -3.64. The number of carbonyl (C=O) groups excluding carboxylic acids is 3. The van der Waals surface area contributed by atoms with E-state index in [9.17, 15) is 22.8 Å². The zero-order valence-electron chi connectivity index (χ0n) is 12.2. The molecule has 2 aliphatic rings. The fourth-order valence-corrected chi connectivity index (χ4v) is 5.17. The van der Waals surface area contributed by atoms with Gasteiger partial charge in [0.15, 0.2) is 15.2 Å². The van der Waals surface area contributed by atoms with Crippen molar-refractivity contribution in [2.75, 3.05) is 12.4 Å². The van der Waals surface area contributed by atoms with Crippen LogP contribution in [0.2, 0.25) is 0 Å². The van der Waals surface area contributed by atoms with Crippen LogP contribution in [0.3, 0.4) is 0 Å². The van der Waals surface area contributed by atoms with Crippen molar-refractivity contribution in [1.82, 2.24) is 4.90 Å². The van der Waals surface area contributed by atoms with Gasteiger partial charge in [-0.25, -0.2) is 8.42 Å². The van der Waals surface area contributed by atoms with E-state index < -0.39 is 32.5 Å². The summed E-state index contributed by atoms with van der Waals surface area (Å²) in [6.07, 6.45) is 0.385. The summed E-state index contributed by atoms with van der Waals surface area (Å²) in [4.78, 5) is 35.2. The van der Waals surface area contributed by atoms with E-state index in [1.807, 2.05) is 0 Å². The van der Waals surface area contributed by atoms with Crippen LogP contribution >= 0.6 is 11.6 Å². The number of alkyl halides is 1. The summed E-state index contributed by atoms with van der Waals surface area (Å²) in [5, 5.41) is -2.20. The van der Waals surface area contributed by atoms with E-state index in [1.54, 1.807) is 0 Å². The molecule has 2 aliphatic heterocycles. The first kappa shape index (κ1) is 17.0. The first-order chi connectivity index (χ1) is 10.1. The Labute approximate surface area is 133 Å². The molecule has 0 N–H and O–H groups in total. The molecule has 0 radical (unpaired) electrons. The highest BCUT2D eigenvalue weighted by Crippen LogP contribution is 2.40. The quantitative estimate of drug-likeness (QED) is 0.404. The second-order valence-corrected chi connectivity index (χ2v) is 7.91. The number of ether oxygens (including phenoxy) is 1. The molecule has 2 rings (SSSR count). The van der Waals surface area contributed by atoms with E-state index in [4.69, 9.17) is 16.3 Å². The summed E-state index contributed by atoms with van der Waals surface area (Å²) in [6.45, 7) is 2.40. The number of rotatable bonds is 5. The zero-order valence-corrected chi connectivity index (χ0v) is 13.7. The molecule has 0 aromatic heterocycles. The van der Waals surface area contributed by atoms with Gasteiger partial charge in [-0.15, -0.1) is 11.6 Å². The Balaban J connectivity index is 2.37. The van der Waals surface area contributed by atoms with E-state index in [2.05, 4.69) is 0 Å². The van der Waals surface area contributed by atoms with Crippen LogP contribution in [0.25, 0.3) is 0 Å². The topological polar surface area (TPSA) is 97.8 Å². The highest BCUT2D eigenvalue weighted by atomic mass is 35.5. The number of β-lactam (4-membered cyclic amide) rings is 1. The molecular weight excluding hydrogens is 334 g/mol. The number of allylic oxidation sites excluding steroid dienone is 1. The summed E-state index contributed by atoms with van der Waals surface area (Å²) in [5.74, 6) is -1.47. The number of hydrogen-bond acceptors (Lipinski definition) is 6. The van der Waals surface area contributed by atoms with Gasteiger partial charge in [-0.1, -0.05) is 0 Å². The van der Waals surface area contributed by atoms with Crippen molar-refractivity contribution < 1.29 is 27.5 Å². The maximum absolute atomic E-state index is 12.2. The molecule has 0 aromatic carbocycles. The van der Waals surface area contributed by atoms with Crippen molar-refractivity contribution in [3.63, 3.8) is 0 Å². The van der Waals surface area contributed by atoms with Gasteiger partial charge in [0.1, 0.15) is 17.8 Å². The van der Waals surface area contributed by atoms with Crippen molar-refractivity contribution in [2.45, 2.75) is 37.4 Å². The van der Waals surface area contributed by atoms with E-state index in [0.29, 0.717) is 11.3 Å². The Bertz CT molecular complexity index is 668. The summed E-state index contributed by atoms with van der Waals surface area (Å²) < 4.78 is 29.3. The number of halogens is 1. The Kier molecular flexibility index (Phi) is 4.62. The first-order valence-electron chi connectivity index (χ1n) is 6.67. The fraction of sp³-hybridized carbons (Fsp3) is 0.615. The number of hydrogen-bond donors (Lipinski definition) is 0. The van der Waals surface area contributed by atoms with Crippen LogP contribution in [0.15, 0.2) is 11.3 Å². The number of sulfone groups is 1. The van der Waals surface area contributed by atoms with Gasteiger partial charge in [-0.2, -0.15) is 0 Å². The molecular formula is C13H16ClNO6S. The van der Waals surface area contributed by atoms with Crippen molar-refractivity contribution in [2.24, 2.45) is 0 Å². The second kappa shape index (κ2) is 6.00. The molecule has 2 atom stereocenters. The monoisotopic (exact) mass is 349 g/mol. The number of esters is 1. The lowest BCUT2D eigenvalue weighted by Crippen LogP contribution is -2.67. The van der Waals surface area contributed by atoms with Gasteiger partial charge < -0.3 is 9.53 Å². The third kappa shape index (κ3) is 3.03. The molecule has 0 spiro atoms. The fourth-order valence-electron chi connectivity index (χ4n) is 2.55. The van der Waals surface area contributed by atoms with Crippen LogP contribution in [0, 0.1) is 0 Å². The number of nitrogens with zero attached hydrogens (tertiary/aromatic N) is 1. The third-order valence-electron chi connectivity index (χ3n) is 3.58. The minimum atomic E-state index is -3.64. The lowest BCUT2D eigenvalue weighted by Gasteiger charge is -2.48. The van der Waals surface area contributed by atoms with Gasteiger partial charge in [0.2, 0.25) is 5.91 Å². The van der Waals surface area contributed by atoms with Gasteiger partial charge in [-0.05, 0) is 13.3 Å². The molecule has 7 nitrogen and oxygen atoms in total. The Morgan fingerprint density at radius 2 is 2.00 bits per heavy atom. The minimum Gasteiger partial charge on any atom is -0.461 e.